The van der Waals surface area contributed by atoms with Crippen LogP contribution in [0.5, 0.6) is 0 Å². The second kappa shape index (κ2) is 10.3. The molecule has 1 fully saturated rings. The Hall–Kier alpha value is -2.59. The van der Waals surface area contributed by atoms with E-state index < -0.39 is 6.03 Å². The van der Waals surface area contributed by atoms with Gasteiger partial charge in [0.1, 0.15) is 0 Å². The number of nitrogens with zero attached hydrogens (tertiary/aromatic N) is 4. The van der Waals surface area contributed by atoms with E-state index in [0.29, 0.717) is 24.9 Å². The number of thioether (sulfide) groups is 1. The number of amides is 3. The Bertz CT molecular complexity index is 833. The van der Waals surface area contributed by atoms with Crippen molar-refractivity contribution in [1.29, 1.82) is 0 Å². The highest BCUT2D eigenvalue weighted by atomic mass is 32.2. The number of imide groups is 1. The van der Waals surface area contributed by atoms with Crippen molar-refractivity contribution in [2.24, 2.45) is 0 Å². The van der Waals surface area contributed by atoms with E-state index in [0.717, 1.165) is 36.7 Å². The maximum absolute atomic E-state index is 12.1. The number of hydrogen-bond acceptors (Lipinski definition) is 7. The van der Waals surface area contributed by atoms with Crippen LogP contribution in [0, 0.1) is 6.92 Å². The van der Waals surface area contributed by atoms with Crippen molar-refractivity contribution in [2.45, 2.75) is 25.4 Å². The summed E-state index contributed by atoms with van der Waals surface area (Å²) in [6, 6.07) is 7.58. The molecule has 1 aliphatic heterocycles. The number of hydrogen-bond donors (Lipinski definition) is 2. The van der Waals surface area contributed by atoms with E-state index in [9.17, 15) is 9.59 Å². The number of morpholine rings is 1. The number of carbonyl (C=O) groups is 2. The van der Waals surface area contributed by atoms with E-state index in [1.54, 1.807) is 0 Å². The summed E-state index contributed by atoms with van der Waals surface area (Å²) in [5.41, 5.74) is 2.08. The summed E-state index contributed by atoms with van der Waals surface area (Å²) < 4.78 is 7.38. The van der Waals surface area contributed by atoms with Gasteiger partial charge in [-0.15, -0.1) is 10.2 Å². The summed E-state index contributed by atoms with van der Waals surface area (Å²) in [7, 11) is 0. The van der Waals surface area contributed by atoms with Crippen LogP contribution in [0.15, 0.2) is 29.4 Å². The van der Waals surface area contributed by atoms with Gasteiger partial charge in [-0.05, 0) is 25.5 Å². The third-order valence-electron chi connectivity index (χ3n) is 4.32. The molecule has 3 rings (SSSR count). The highest BCUT2D eigenvalue weighted by molar-refractivity contribution is 7.99. The molecule has 3 amide bonds. The Morgan fingerprint density at radius 1 is 1.17 bits per heavy atom. The van der Waals surface area contributed by atoms with Gasteiger partial charge in [-0.2, -0.15) is 0 Å². The predicted molar refractivity (Wildman–Crippen MR) is 112 cm³/mol. The van der Waals surface area contributed by atoms with Gasteiger partial charge in [0.25, 0.3) is 0 Å². The SMILES string of the molecule is CCCNC(=O)NC(=O)CSc1nnc(N2CCOCC2)n1-c1ccc(C)cc1. The highest BCUT2D eigenvalue weighted by Gasteiger charge is 2.22. The van der Waals surface area contributed by atoms with E-state index in [1.807, 2.05) is 42.7 Å². The molecule has 0 radical (unpaired) electrons. The average molecular weight is 419 g/mol. The van der Waals surface area contributed by atoms with E-state index >= 15 is 0 Å². The molecule has 0 atom stereocenters. The fourth-order valence-corrected chi connectivity index (χ4v) is 3.57. The first-order chi connectivity index (χ1) is 14.1. The molecule has 2 aromatic rings. The van der Waals surface area contributed by atoms with Crippen molar-refractivity contribution in [3.8, 4) is 5.69 Å². The Kier molecular flexibility index (Phi) is 7.48. The number of carbonyl (C=O) groups excluding carboxylic acids is 2. The van der Waals surface area contributed by atoms with Gasteiger partial charge in [0.05, 0.1) is 24.7 Å². The fourth-order valence-electron chi connectivity index (χ4n) is 2.82. The lowest BCUT2D eigenvalue weighted by atomic mass is 10.2. The van der Waals surface area contributed by atoms with E-state index in [2.05, 4.69) is 25.7 Å². The number of anilines is 1. The van der Waals surface area contributed by atoms with Crippen molar-refractivity contribution in [1.82, 2.24) is 25.4 Å². The molecular weight excluding hydrogens is 392 g/mol. The first-order valence-corrected chi connectivity index (χ1v) is 10.6. The molecule has 0 spiro atoms. The Morgan fingerprint density at radius 2 is 1.90 bits per heavy atom. The number of aromatic nitrogens is 3. The molecule has 1 aromatic heterocycles. The van der Waals surface area contributed by atoms with Gasteiger partial charge in [-0.25, -0.2) is 4.79 Å². The summed E-state index contributed by atoms with van der Waals surface area (Å²) >= 11 is 1.24. The van der Waals surface area contributed by atoms with E-state index in [1.165, 1.54) is 11.8 Å². The second-order valence-electron chi connectivity index (χ2n) is 6.65. The van der Waals surface area contributed by atoms with Crippen LogP contribution in [0.2, 0.25) is 0 Å². The predicted octanol–water partition coefficient (Wildman–Crippen LogP) is 1.74. The fraction of sp³-hybridized carbons (Fsp3) is 0.474. The summed E-state index contributed by atoms with van der Waals surface area (Å²) in [4.78, 5) is 25.9. The topological polar surface area (TPSA) is 101 Å². The molecular formula is C19H26N6O3S. The minimum absolute atomic E-state index is 0.0622. The molecule has 1 aliphatic rings. The number of urea groups is 1. The average Bonchev–Trinajstić information content (AvgIpc) is 3.16. The zero-order valence-electron chi connectivity index (χ0n) is 16.7. The lowest BCUT2D eigenvalue weighted by Crippen LogP contribution is -2.40. The molecule has 1 aromatic carbocycles. The molecule has 10 heteroatoms. The summed E-state index contributed by atoms with van der Waals surface area (Å²) in [5.74, 6) is 0.405. The number of nitrogens with one attached hydrogen (secondary N) is 2. The standard InChI is InChI=1S/C19H26N6O3S/c1-3-8-20-17(27)21-16(26)13-29-19-23-22-18(24-9-11-28-12-10-24)25(19)15-6-4-14(2)5-7-15/h4-7H,3,8-13H2,1-2H3,(H2,20,21,26,27). The Labute approximate surface area is 174 Å². The lowest BCUT2D eigenvalue weighted by molar-refractivity contribution is -0.117. The highest BCUT2D eigenvalue weighted by Crippen LogP contribution is 2.27. The monoisotopic (exact) mass is 418 g/mol. The van der Waals surface area contributed by atoms with Gasteiger partial charge in [-0.1, -0.05) is 36.4 Å². The van der Waals surface area contributed by atoms with Crippen LogP contribution in [0.25, 0.3) is 5.69 Å². The third-order valence-corrected chi connectivity index (χ3v) is 5.25. The molecule has 2 heterocycles. The molecule has 1 saturated heterocycles. The summed E-state index contributed by atoms with van der Waals surface area (Å²) in [6.45, 7) is 7.23. The second-order valence-corrected chi connectivity index (χ2v) is 7.59. The van der Waals surface area contributed by atoms with Crippen LogP contribution in [-0.2, 0) is 9.53 Å². The van der Waals surface area contributed by atoms with Crippen molar-refractivity contribution in [3.05, 3.63) is 29.8 Å². The normalized spacial score (nSPS) is 13.9. The quantitative estimate of drug-likeness (QED) is 0.661. The van der Waals surface area contributed by atoms with Gasteiger partial charge in [0.2, 0.25) is 11.9 Å². The molecule has 0 saturated carbocycles. The van der Waals surface area contributed by atoms with E-state index in [-0.39, 0.29) is 11.7 Å². The molecule has 29 heavy (non-hydrogen) atoms. The largest absolute Gasteiger partial charge is 0.378 e. The van der Waals surface area contributed by atoms with Crippen LogP contribution in [-0.4, -0.2) is 65.3 Å². The smallest absolute Gasteiger partial charge is 0.321 e. The Morgan fingerprint density at radius 3 is 2.59 bits per heavy atom. The molecule has 0 bridgehead atoms. The number of ether oxygens (including phenoxy) is 1. The van der Waals surface area contributed by atoms with Gasteiger partial charge in [-0.3, -0.25) is 14.7 Å². The van der Waals surface area contributed by atoms with Crippen molar-refractivity contribution in [3.63, 3.8) is 0 Å². The van der Waals surface area contributed by atoms with E-state index in [4.69, 9.17) is 4.74 Å². The van der Waals surface area contributed by atoms with Crippen LogP contribution >= 0.6 is 11.8 Å². The summed E-state index contributed by atoms with van der Waals surface area (Å²) in [5, 5.41) is 14.2. The molecule has 2 N–H and O–H groups in total. The Balaban J connectivity index is 1.75. The molecule has 9 nitrogen and oxygen atoms in total. The van der Waals surface area contributed by atoms with Crippen LogP contribution < -0.4 is 15.5 Å². The zero-order valence-corrected chi connectivity index (χ0v) is 17.5. The molecule has 0 aliphatic carbocycles. The minimum atomic E-state index is -0.480. The van der Waals surface area contributed by atoms with Gasteiger partial charge >= 0.3 is 6.03 Å². The van der Waals surface area contributed by atoms with Crippen LogP contribution in [0.4, 0.5) is 10.7 Å². The van der Waals surface area contributed by atoms with Crippen LogP contribution in [0.1, 0.15) is 18.9 Å². The van der Waals surface area contributed by atoms with Crippen molar-refractivity contribution < 1.29 is 14.3 Å². The van der Waals surface area contributed by atoms with Gasteiger partial charge < -0.3 is 15.0 Å². The first-order valence-electron chi connectivity index (χ1n) is 9.64. The van der Waals surface area contributed by atoms with Gasteiger partial charge in [0.15, 0.2) is 5.16 Å². The van der Waals surface area contributed by atoms with Gasteiger partial charge in [0, 0.05) is 19.6 Å². The number of benzene rings is 1. The maximum Gasteiger partial charge on any atom is 0.321 e. The minimum Gasteiger partial charge on any atom is -0.378 e. The maximum atomic E-state index is 12.1. The number of rotatable bonds is 7. The molecule has 0 unspecified atom stereocenters. The van der Waals surface area contributed by atoms with Crippen LogP contribution in [0.3, 0.4) is 0 Å². The first kappa shape index (κ1) is 21.1. The molecule has 156 valence electrons. The number of aryl methyl sites for hydroxylation is 1. The third kappa shape index (κ3) is 5.70. The van der Waals surface area contributed by atoms with Crippen molar-refractivity contribution in [2.75, 3.05) is 43.5 Å². The summed E-state index contributed by atoms with van der Waals surface area (Å²) in [6.07, 6.45) is 0.806. The lowest BCUT2D eigenvalue weighted by Gasteiger charge is -2.27. The van der Waals surface area contributed by atoms with Crippen molar-refractivity contribution >= 4 is 29.6 Å². The zero-order chi connectivity index (χ0) is 20.6.